The highest BCUT2D eigenvalue weighted by Gasteiger charge is 2.18. The van der Waals surface area contributed by atoms with Gasteiger partial charge in [0.15, 0.2) is 5.65 Å². The molecule has 114 valence electrons. The first-order valence-electron chi connectivity index (χ1n) is 7.03. The number of ether oxygens (including phenoxy) is 1. The maximum absolute atomic E-state index is 6.16. The minimum absolute atomic E-state index is 0.441. The van der Waals surface area contributed by atoms with Gasteiger partial charge in [-0.3, -0.25) is 0 Å². The van der Waals surface area contributed by atoms with E-state index in [4.69, 9.17) is 20.9 Å². The van der Waals surface area contributed by atoms with E-state index >= 15 is 0 Å². The van der Waals surface area contributed by atoms with Gasteiger partial charge in [0.05, 0.1) is 13.2 Å². The maximum Gasteiger partial charge on any atom is 0.159 e. The highest BCUT2D eigenvalue weighted by atomic mass is 35.5. The van der Waals surface area contributed by atoms with Gasteiger partial charge in [-0.05, 0) is 6.92 Å². The Hall–Kier alpha value is -2.12. The average Bonchev–Trinajstić information content (AvgIpc) is 3.13. The third-order valence-corrected chi connectivity index (χ3v) is 3.80. The van der Waals surface area contributed by atoms with E-state index in [1.807, 2.05) is 25.1 Å². The summed E-state index contributed by atoms with van der Waals surface area (Å²) < 4.78 is 12.3. The van der Waals surface area contributed by atoms with Crippen LogP contribution in [0.2, 0.25) is 5.15 Å². The lowest BCUT2D eigenvalue weighted by Gasteiger charge is -2.28. The summed E-state index contributed by atoms with van der Waals surface area (Å²) in [4.78, 5) is 6.52. The third kappa shape index (κ3) is 2.32. The molecule has 1 aliphatic rings. The lowest BCUT2D eigenvalue weighted by molar-refractivity contribution is 0.122. The molecule has 0 bridgehead atoms. The first-order valence-corrected chi connectivity index (χ1v) is 7.41. The number of rotatable bonds is 2. The second kappa shape index (κ2) is 5.26. The number of morpholine rings is 1. The molecule has 8 heteroatoms. The van der Waals surface area contributed by atoms with E-state index < -0.39 is 0 Å². The quantitative estimate of drug-likeness (QED) is 0.674. The zero-order chi connectivity index (χ0) is 15.1. The van der Waals surface area contributed by atoms with Gasteiger partial charge >= 0.3 is 0 Å². The standard InChI is InChI=1S/C14H14ClN5O2/c1-9-6-11(18-22-9)10-7-13-16-12(15)8-14(20(13)17-10)19-2-4-21-5-3-19/h6-8H,2-5H2,1H3. The van der Waals surface area contributed by atoms with Crippen LogP contribution >= 0.6 is 11.6 Å². The normalized spacial score (nSPS) is 15.6. The molecule has 0 amide bonds. The van der Waals surface area contributed by atoms with Crippen molar-refractivity contribution in [3.63, 3.8) is 0 Å². The van der Waals surface area contributed by atoms with Crippen molar-refractivity contribution < 1.29 is 9.26 Å². The third-order valence-electron chi connectivity index (χ3n) is 3.60. The van der Waals surface area contributed by atoms with Crippen LogP contribution in [0.4, 0.5) is 5.82 Å². The first-order chi connectivity index (χ1) is 10.7. The topological polar surface area (TPSA) is 68.7 Å². The number of halogens is 1. The van der Waals surface area contributed by atoms with Gasteiger partial charge in [0.25, 0.3) is 0 Å². The van der Waals surface area contributed by atoms with Crippen molar-refractivity contribution in [2.24, 2.45) is 0 Å². The van der Waals surface area contributed by atoms with Gasteiger partial charge in [0.1, 0.15) is 28.1 Å². The van der Waals surface area contributed by atoms with E-state index in [1.165, 1.54) is 0 Å². The fraction of sp³-hybridized carbons (Fsp3) is 0.357. The summed E-state index contributed by atoms with van der Waals surface area (Å²) in [5, 5.41) is 9.05. The molecule has 3 aromatic heterocycles. The van der Waals surface area contributed by atoms with E-state index in [-0.39, 0.29) is 0 Å². The molecule has 4 heterocycles. The van der Waals surface area contributed by atoms with Crippen LogP contribution in [0.25, 0.3) is 17.0 Å². The number of aromatic nitrogens is 4. The number of anilines is 1. The van der Waals surface area contributed by atoms with Crippen molar-refractivity contribution in [3.8, 4) is 11.4 Å². The minimum atomic E-state index is 0.441. The van der Waals surface area contributed by atoms with Crippen LogP contribution in [0.3, 0.4) is 0 Å². The summed E-state index contributed by atoms with van der Waals surface area (Å²) in [5.41, 5.74) is 2.08. The number of fused-ring (bicyclic) bond motifs is 1. The smallest absolute Gasteiger partial charge is 0.159 e. The molecule has 3 aromatic rings. The molecular weight excluding hydrogens is 306 g/mol. The van der Waals surface area contributed by atoms with Crippen molar-refractivity contribution >= 4 is 23.1 Å². The Labute approximate surface area is 131 Å². The largest absolute Gasteiger partial charge is 0.378 e. The first kappa shape index (κ1) is 13.5. The molecule has 7 nitrogen and oxygen atoms in total. The molecule has 0 unspecified atom stereocenters. The van der Waals surface area contributed by atoms with E-state index in [2.05, 4.69) is 20.1 Å². The van der Waals surface area contributed by atoms with Crippen molar-refractivity contribution in [2.45, 2.75) is 6.92 Å². The molecule has 1 saturated heterocycles. The summed E-state index contributed by atoms with van der Waals surface area (Å²) in [6, 6.07) is 5.52. The summed E-state index contributed by atoms with van der Waals surface area (Å²) in [6.07, 6.45) is 0. The van der Waals surface area contributed by atoms with Gasteiger partial charge in [-0.2, -0.15) is 9.61 Å². The van der Waals surface area contributed by atoms with E-state index in [0.717, 1.165) is 24.7 Å². The molecule has 0 aliphatic carbocycles. The Kier molecular flexibility index (Phi) is 3.24. The van der Waals surface area contributed by atoms with Crippen molar-refractivity contribution in [2.75, 3.05) is 31.2 Å². The Balaban J connectivity index is 1.84. The molecular formula is C14H14ClN5O2. The van der Waals surface area contributed by atoms with E-state index in [0.29, 0.717) is 35.4 Å². The highest BCUT2D eigenvalue weighted by Crippen LogP contribution is 2.25. The number of nitrogens with zero attached hydrogens (tertiary/aromatic N) is 5. The van der Waals surface area contributed by atoms with Crippen LogP contribution in [0.5, 0.6) is 0 Å². The Bertz CT molecular complexity index is 822. The van der Waals surface area contributed by atoms with Gasteiger partial charge in [0.2, 0.25) is 0 Å². The van der Waals surface area contributed by atoms with Crippen LogP contribution in [0.1, 0.15) is 5.76 Å². The molecule has 22 heavy (non-hydrogen) atoms. The van der Waals surface area contributed by atoms with Crippen LogP contribution in [0.15, 0.2) is 22.7 Å². The van der Waals surface area contributed by atoms with Crippen molar-refractivity contribution in [1.29, 1.82) is 0 Å². The Morgan fingerprint density at radius 2 is 1.95 bits per heavy atom. The predicted molar refractivity (Wildman–Crippen MR) is 81.3 cm³/mol. The monoisotopic (exact) mass is 319 g/mol. The molecule has 0 atom stereocenters. The van der Waals surface area contributed by atoms with Crippen molar-refractivity contribution in [1.82, 2.24) is 19.8 Å². The van der Waals surface area contributed by atoms with Crippen LogP contribution in [-0.2, 0) is 4.74 Å². The maximum atomic E-state index is 6.16. The van der Waals surface area contributed by atoms with Gasteiger partial charge in [0, 0.05) is 31.3 Å². The second-order valence-corrected chi connectivity index (χ2v) is 5.55. The summed E-state index contributed by atoms with van der Waals surface area (Å²) in [5.74, 6) is 1.65. The average molecular weight is 320 g/mol. The molecule has 4 rings (SSSR count). The predicted octanol–water partition coefficient (Wildman–Crippen LogP) is 2.18. The minimum Gasteiger partial charge on any atom is -0.378 e. The van der Waals surface area contributed by atoms with Crippen molar-refractivity contribution in [3.05, 3.63) is 29.1 Å². The summed E-state index contributed by atoms with van der Waals surface area (Å²) in [7, 11) is 0. The van der Waals surface area contributed by atoms with E-state index in [1.54, 1.807) is 4.52 Å². The highest BCUT2D eigenvalue weighted by molar-refractivity contribution is 6.29. The summed E-state index contributed by atoms with van der Waals surface area (Å²) >= 11 is 6.16. The summed E-state index contributed by atoms with van der Waals surface area (Å²) in [6.45, 7) is 4.83. The van der Waals surface area contributed by atoms with Gasteiger partial charge in [-0.15, -0.1) is 0 Å². The molecule has 0 saturated carbocycles. The molecule has 0 spiro atoms. The number of aryl methyl sites for hydroxylation is 1. The molecule has 0 radical (unpaired) electrons. The molecule has 0 N–H and O–H groups in total. The zero-order valence-electron chi connectivity index (χ0n) is 12.0. The van der Waals surface area contributed by atoms with Crippen LogP contribution in [-0.4, -0.2) is 46.1 Å². The Morgan fingerprint density at radius 3 is 2.68 bits per heavy atom. The van der Waals surface area contributed by atoms with Gasteiger partial charge in [-0.1, -0.05) is 16.8 Å². The lowest BCUT2D eigenvalue weighted by atomic mass is 10.3. The van der Waals surface area contributed by atoms with E-state index in [9.17, 15) is 0 Å². The fourth-order valence-corrected chi connectivity index (χ4v) is 2.74. The lowest BCUT2D eigenvalue weighted by Crippen LogP contribution is -2.37. The molecule has 0 aromatic carbocycles. The second-order valence-electron chi connectivity index (χ2n) is 5.16. The van der Waals surface area contributed by atoms with Crippen LogP contribution < -0.4 is 4.90 Å². The number of hydrogen-bond donors (Lipinski definition) is 0. The van der Waals surface area contributed by atoms with Crippen LogP contribution in [0, 0.1) is 6.92 Å². The van der Waals surface area contributed by atoms with Gasteiger partial charge in [-0.25, -0.2) is 4.98 Å². The molecule has 1 aliphatic heterocycles. The number of hydrogen-bond acceptors (Lipinski definition) is 6. The zero-order valence-corrected chi connectivity index (χ0v) is 12.7. The SMILES string of the molecule is Cc1cc(-c2cc3nc(Cl)cc(N4CCOCC4)n3n2)no1. The molecule has 1 fully saturated rings. The Morgan fingerprint density at radius 1 is 1.14 bits per heavy atom. The fourth-order valence-electron chi connectivity index (χ4n) is 2.56. The van der Waals surface area contributed by atoms with Gasteiger partial charge < -0.3 is 14.2 Å².